The fraction of sp³-hybridized carbons (Fsp3) is 0.286. The Morgan fingerprint density at radius 2 is 1.77 bits per heavy atom. The van der Waals surface area contributed by atoms with Crippen LogP contribution in [-0.4, -0.2) is 51.8 Å². The van der Waals surface area contributed by atoms with Crippen molar-refractivity contribution in [3.63, 3.8) is 0 Å². The predicted molar refractivity (Wildman–Crippen MR) is 110 cm³/mol. The first-order valence-corrected chi connectivity index (χ1v) is 9.24. The molecule has 0 unspecified atom stereocenters. The second kappa shape index (κ2) is 10.2. The molecule has 10 heteroatoms. The number of oxime groups is 1. The number of carbonyl (C=O) groups excluding carboxylic acids is 2. The van der Waals surface area contributed by atoms with Crippen molar-refractivity contribution >= 4 is 23.3 Å². The highest BCUT2D eigenvalue weighted by molar-refractivity contribution is 5.99. The minimum absolute atomic E-state index is 0.177. The van der Waals surface area contributed by atoms with Gasteiger partial charge in [-0.1, -0.05) is 5.16 Å². The molecule has 1 amide bonds. The monoisotopic (exact) mass is 430 g/mol. The highest BCUT2D eigenvalue weighted by Crippen LogP contribution is 2.32. The SMILES string of the molecule is COc1ccc(NC(=O)COC(=O)CO/N=C(\C)c2ccc3c(c2)OCO3)cc1OC. The minimum atomic E-state index is -0.732. The van der Waals surface area contributed by atoms with Crippen LogP contribution >= 0.6 is 0 Å². The zero-order chi connectivity index (χ0) is 22.2. The first-order chi connectivity index (χ1) is 15.0. The van der Waals surface area contributed by atoms with Crippen LogP contribution in [0.4, 0.5) is 5.69 Å². The Hall–Kier alpha value is -3.95. The molecule has 164 valence electrons. The topological polar surface area (TPSA) is 114 Å². The summed E-state index contributed by atoms with van der Waals surface area (Å²) in [5, 5.41) is 6.48. The molecule has 0 aromatic heterocycles. The molecule has 31 heavy (non-hydrogen) atoms. The zero-order valence-corrected chi connectivity index (χ0v) is 17.3. The third-order valence-corrected chi connectivity index (χ3v) is 4.21. The lowest BCUT2D eigenvalue weighted by molar-refractivity contribution is -0.151. The van der Waals surface area contributed by atoms with E-state index in [1.165, 1.54) is 14.2 Å². The smallest absolute Gasteiger partial charge is 0.347 e. The van der Waals surface area contributed by atoms with E-state index in [-0.39, 0.29) is 6.79 Å². The molecule has 0 saturated carbocycles. The van der Waals surface area contributed by atoms with E-state index in [4.69, 9.17) is 28.5 Å². The van der Waals surface area contributed by atoms with Gasteiger partial charge in [-0.15, -0.1) is 0 Å². The number of amides is 1. The van der Waals surface area contributed by atoms with Crippen LogP contribution in [-0.2, 0) is 19.2 Å². The fourth-order valence-corrected chi connectivity index (χ4v) is 2.65. The van der Waals surface area contributed by atoms with E-state index in [0.717, 1.165) is 5.56 Å². The lowest BCUT2D eigenvalue weighted by Crippen LogP contribution is -2.22. The summed E-state index contributed by atoms with van der Waals surface area (Å²) in [5.41, 5.74) is 1.77. The van der Waals surface area contributed by atoms with Crippen molar-refractivity contribution < 1.29 is 38.1 Å². The Kier molecular flexibility index (Phi) is 7.15. The van der Waals surface area contributed by atoms with Gasteiger partial charge in [0, 0.05) is 17.3 Å². The van der Waals surface area contributed by atoms with Gasteiger partial charge in [-0.25, -0.2) is 4.79 Å². The van der Waals surface area contributed by atoms with Crippen LogP contribution in [0.5, 0.6) is 23.0 Å². The lowest BCUT2D eigenvalue weighted by Gasteiger charge is -2.10. The molecule has 1 aliphatic heterocycles. The summed E-state index contributed by atoms with van der Waals surface area (Å²) in [5.74, 6) is 1.02. The average molecular weight is 430 g/mol. The number of anilines is 1. The molecule has 1 N–H and O–H groups in total. The molecule has 1 heterocycles. The van der Waals surface area contributed by atoms with Crippen LogP contribution in [0.3, 0.4) is 0 Å². The van der Waals surface area contributed by atoms with Crippen molar-refractivity contribution in [2.75, 3.05) is 39.5 Å². The number of nitrogens with one attached hydrogen (secondary N) is 1. The van der Waals surface area contributed by atoms with Crippen LogP contribution in [0.15, 0.2) is 41.6 Å². The molecule has 2 aromatic rings. The van der Waals surface area contributed by atoms with Gasteiger partial charge in [0.15, 0.2) is 29.6 Å². The van der Waals surface area contributed by atoms with Crippen molar-refractivity contribution in [1.29, 1.82) is 0 Å². The molecular formula is C21H22N2O8. The summed E-state index contributed by atoms with van der Waals surface area (Å²) in [6.07, 6.45) is 0. The van der Waals surface area contributed by atoms with Gasteiger partial charge < -0.3 is 33.8 Å². The standard InChI is InChI=1S/C21H22N2O8/c1-13(14-4-6-17-19(8-14)30-12-29-17)23-31-11-21(25)28-10-20(24)22-15-5-7-16(26-2)18(9-15)27-3/h4-9H,10-12H2,1-3H3,(H,22,24)/b23-13+. The van der Waals surface area contributed by atoms with Crippen molar-refractivity contribution in [2.45, 2.75) is 6.92 Å². The summed E-state index contributed by atoms with van der Waals surface area (Å²) in [4.78, 5) is 28.8. The van der Waals surface area contributed by atoms with E-state index in [9.17, 15) is 9.59 Å². The molecule has 0 radical (unpaired) electrons. The Bertz CT molecular complexity index is 989. The van der Waals surface area contributed by atoms with Gasteiger partial charge in [0.05, 0.1) is 19.9 Å². The maximum absolute atomic E-state index is 12.0. The number of carbonyl (C=O) groups is 2. The van der Waals surface area contributed by atoms with Gasteiger partial charge in [-0.3, -0.25) is 4.79 Å². The minimum Gasteiger partial charge on any atom is -0.493 e. The number of hydrogen-bond donors (Lipinski definition) is 1. The van der Waals surface area contributed by atoms with E-state index in [0.29, 0.717) is 34.4 Å². The van der Waals surface area contributed by atoms with Gasteiger partial charge in [-0.2, -0.15) is 0 Å². The Labute approximate surface area is 178 Å². The highest BCUT2D eigenvalue weighted by Gasteiger charge is 2.15. The summed E-state index contributed by atoms with van der Waals surface area (Å²) in [6.45, 7) is 0.989. The van der Waals surface area contributed by atoms with Crippen LogP contribution < -0.4 is 24.3 Å². The molecule has 0 aliphatic carbocycles. The Morgan fingerprint density at radius 1 is 1.00 bits per heavy atom. The molecule has 1 aliphatic rings. The summed E-state index contributed by atoms with van der Waals surface area (Å²) in [7, 11) is 3.00. The number of rotatable bonds is 9. The van der Waals surface area contributed by atoms with Crippen molar-refractivity contribution in [3.8, 4) is 23.0 Å². The summed E-state index contributed by atoms with van der Waals surface area (Å²) in [6, 6.07) is 10.2. The molecule has 0 bridgehead atoms. The number of hydrogen-bond acceptors (Lipinski definition) is 9. The number of esters is 1. The van der Waals surface area contributed by atoms with Crippen LogP contribution in [0.25, 0.3) is 0 Å². The zero-order valence-electron chi connectivity index (χ0n) is 17.3. The molecule has 2 aromatic carbocycles. The second-order valence-electron chi connectivity index (χ2n) is 6.30. The third kappa shape index (κ3) is 5.78. The number of nitrogens with zero attached hydrogens (tertiary/aromatic N) is 1. The molecule has 0 spiro atoms. The molecule has 10 nitrogen and oxygen atoms in total. The number of ether oxygens (including phenoxy) is 5. The van der Waals surface area contributed by atoms with Crippen LogP contribution in [0, 0.1) is 0 Å². The Morgan fingerprint density at radius 3 is 2.55 bits per heavy atom. The summed E-state index contributed by atoms with van der Waals surface area (Å²) < 4.78 is 25.8. The van der Waals surface area contributed by atoms with Crippen molar-refractivity contribution in [1.82, 2.24) is 0 Å². The quantitative estimate of drug-likeness (QED) is 0.366. The fourth-order valence-electron chi connectivity index (χ4n) is 2.65. The normalized spacial score (nSPS) is 12.2. The average Bonchev–Trinajstić information content (AvgIpc) is 3.25. The van der Waals surface area contributed by atoms with E-state index < -0.39 is 25.1 Å². The van der Waals surface area contributed by atoms with E-state index in [1.54, 1.807) is 43.3 Å². The third-order valence-electron chi connectivity index (χ3n) is 4.21. The van der Waals surface area contributed by atoms with Gasteiger partial charge >= 0.3 is 5.97 Å². The summed E-state index contributed by atoms with van der Waals surface area (Å²) >= 11 is 0. The van der Waals surface area contributed by atoms with Crippen molar-refractivity contribution in [3.05, 3.63) is 42.0 Å². The van der Waals surface area contributed by atoms with E-state index >= 15 is 0 Å². The second-order valence-corrected chi connectivity index (χ2v) is 6.30. The van der Waals surface area contributed by atoms with Crippen molar-refractivity contribution in [2.24, 2.45) is 5.16 Å². The van der Waals surface area contributed by atoms with Crippen LogP contribution in [0.2, 0.25) is 0 Å². The number of benzene rings is 2. The van der Waals surface area contributed by atoms with Gasteiger partial charge in [0.2, 0.25) is 13.4 Å². The predicted octanol–water partition coefficient (Wildman–Crippen LogP) is 2.36. The molecule has 0 atom stereocenters. The first-order valence-electron chi connectivity index (χ1n) is 9.24. The molecule has 0 fully saturated rings. The van der Waals surface area contributed by atoms with Gasteiger partial charge in [-0.05, 0) is 37.3 Å². The van der Waals surface area contributed by atoms with Gasteiger partial charge in [0.1, 0.15) is 0 Å². The maximum atomic E-state index is 12.0. The first kappa shape index (κ1) is 21.8. The molecular weight excluding hydrogens is 408 g/mol. The largest absolute Gasteiger partial charge is 0.493 e. The number of fused-ring (bicyclic) bond motifs is 1. The highest BCUT2D eigenvalue weighted by atomic mass is 16.7. The Balaban J connectivity index is 1.42. The molecule has 0 saturated heterocycles. The van der Waals surface area contributed by atoms with Gasteiger partial charge in [0.25, 0.3) is 5.91 Å². The maximum Gasteiger partial charge on any atom is 0.347 e. The molecule has 3 rings (SSSR count). The lowest BCUT2D eigenvalue weighted by atomic mass is 10.1. The van der Waals surface area contributed by atoms with E-state index in [2.05, 4.69) is 10.5 Å². The van der Waals surface area contributed by atoms with Crippen LogP contribution in [0.1, 0.15) is 12.5 Å². The number of methoxy groups -OCH3 is 2. The van der Waals surface area contributed by atoms with E-state index in [1.807, 2.05) is 0 Å².